The summed E-state index contributed by atoms with van der Waals surface area (Å²) < 4.78 is 42.3. The molecule has 2 saturated heterocycles. The van der Waals surface area contributed by atoms with Gasteiger partial charge in [0.25, 0.3) is 0 Å². The van der Waals surface area contributed by atoms with Crippen LogP contribution in [-0.4, -0.2) is 120 Å². The van der Waals surface area contributed by atoms with E-state index in [1.54, 1.807) is 69.2 Å². The number of carboxylic acids is 1. The fourth-order valence-corrected chi connectivity index (χ4v) is 5.72. The number of hydrogen-bond acceptors (Lipinski definition) is 17. The molecule has 2 aliphatic rings. The summed E-state index contributed by atoms with van der Waals surface area (Å²) in [4.78, 5) is 111. The lowest BCUT2D eigenvalue weighted by atomic mass is 9.91. The van der Waals surface area contributed by atoms with E-state index in [0.717, 1.165) is 5.56 Å². The Morgan fingerprint density at radius 2 is 1.03 bits per heavy atom. The van der Waals surface area contributed by atoms with Gasteiger partial charge in [-0.05, 0) is 67.4 Å². The molecule has 0 bridgehead atoms. The van der Waals surface area contributed by atoms with Gasteiger partial charge in [0.15, 0.2) is 24.3 Å². The molecule has 63 heavy (non-hydrogen) atoms. The largest absolute Gasteiger partial charge is 0.481 e. The first-order valence-electron chi connectivity index (χ1n) is 20.5. The molecule has 3 N–H and O–H groups in total. The topological polar surface area (TPSA) is 272 Å². The minimum Gasteiger partial charge on any atom is -0.481 e. The maximum atomic E-state index is 13.1. The second-order valence-electron chi connectivity index (χ2n) is 17.6. The van der Waals surface area contributed by atoms with Crippen LogP contribution in [0.15, 0.2) is 30.3 Å². The van der Waals surface area contributed by atoms with Crippen LogP contribution in [0.2, 0.25) is 0 Å². The Labute approximate surface area is 366 Å². The Kier molecular flexibility index (Phi) is 19.8. The Hall–Kier alpha value is -5.95. The highest BCUT2D eigenvalue weighted by Crippen LogP contribution is 2.26. The van der Waals surface area contributed by atoms with Crippen molar-refractivity contribution in [3.8, 4) is 0 Å². The number of carbonyl (C=O) groups excluding carboxylic acids is 8. The average molecular weight is 895 g/mol. The van der Waals surface area contributed by atoms with Crippen molar-refractivity contribution in [3.05, 3.63) is 35.9 Å². The van der Waals surface area contributed by atoms with Gasteiger partial charge in [-0.15, -0.1) is 0 Å². The van der Waals surface area contributed by atoms with Crippen LogP contribution >= 0.6 is 0 Å². The summed E-state index contributed by atoms with van der Waals surface area (Å²) in [5.74, 6) is -9.35. The Balaban J connectivity index is 0.000000436. The molecular weight excluding hydrogens is 832 g/mol. The molecule has 0 saturated carbocycles. The van der Waals surface area contributed by atoms with E-state index >= 15 is 0 Å². The van der Waals surface area contributed by atoms with Gasteiger partial charge in [-0.1, -0.05) is 58.0 Å². The van der Waals surface area contributed by atoms with E-state index in [1.165, 1.54) is 13.8 Å². The predicted octanol–water partition coefficient (Wildman–Crippen LogP) is 3.82. The molecule has 0 aromatic heterocycles. The zero-order chi connectivity index (χ0) is 48.0. The summed E-state index contributed by atoms with van der Waals surface area (Å²) in [6, 6.07) is 6.51. The maximum Gasteiger partial charge on any atom is 0.408 e. The molecule has 3 rings (SSSR count). The Bertz CT molecular complexity index is 1780. The second kappa shape index (κ2) is 23.5. The Morgan fingerprint density at radius 1 is 0.651 bits per heavy atom. The van der Waals surface area contributed by atoms with Crippen LogP contribution < -0.4 is 10.6 Å². The van der Waals surface area contributed by atoms with Crippen molar-refractivity contribution in [1.82, 2.24) is 10.6 Å². The number of alkyl carbamates (subject to hydrolysis) is 2. The quantitative estimate of drug-likeness (QED) is 0.222. The summed E-state index contributed by atoms with van der Waals surface area (Å²) in [5.41, 5.74) is -0.793. The highest BCUT2D eigenvalue weighted by molar-refractivity contribution is 5.85. The van der Waals surface area contributed by atoms with Crippen molar-refractivity contribution in [1.29, 1.82) is 0 Å². The minimum absolute atomic E-state index is 0.210. The zero-order valence-electron chi connectivity index (χ0n) is 37.9. The van der Waals surface area contributed by atoms with Gasteiger partial charge in [0.05, 0.1) is 18.3 Å². The summed E-state index contributed by atoms with van der Waals surface area (Å²) in [7, 11) is 0. The van der Waals surface area contributed by atoms with Crippen molar-refractivity contribution >= 4 is 54.0 Å². The van der Waals surface area contributed by atoms with Gasteiger partial charge in [-0.3, -0.25) is 24.0 Å². The van der Waals surface area contributed by atoms with Crippen molar-refractivity contribution in [2.75, 3.05) is 13.2 Å². The van der Waals surface area contributed by atoms with Gasteiger partial charge in [-0.2, -0.15) is 0 Å². The van der Waals surface area contributed by atoms with Crippen molar-refractivity contribution in [2.24, 2.45) is 23.7 Å². The zero-order valence-corrected chi connectivity index (χ0v) is 37.9. The van der Waals surface area contributed by atoms with Crippen LogP contribution in [0, 0.1) is 23.7 Å². The predicted molar refractivity (Wildman–Crippen MR) is 218 cm³/mol. The van der Waals surface area contributed by atoms with E-state index in [1.807, 2.05) is 30.3 Å². The van der Waals surface area contributed by atoms with Crippen LogP contribution in [0.3, 0.4) is 0 Å². The normalized spacial score (nSPS) is 24.5. The van der Waals surface area contributed by atoms with Gasteiger partial charge in [-0.25, -0.2) is 19.2 Å². The number of carbonyl (C=O) groups is 9. The number of nitrogens with one attached hydrogen (secondary N) is 2. The van der Waals surface area contributed by atoms with Gasteiger partial charge in [0, 0.05) is 0 Å². The molecule has 2 amide bonds. The van der Waals surface area contributed by atoms with Crippen molar-refractivity contribution in [2.45, 2.75) is 144 Å². The number of amides is 2. The van der Waals surface area contributed by atoms with Gasteiger partial charge in [0.1, 0.15) is 48.5 Å². The molecule has 2 heterocycles. The number of benzene rings is 1. The fourth-order valence-electron chi connectivity index (χ4n) is 5.72. The summed E-state index contributed by atoms with van der Waals surface area (Å²) in [6.45, 7) is 18.2. The molecule has 20 heteroatoms. The molecule has 8 atom stereocenters. The summed E-state index contributed by atoms with van der Waals surface area (Å²) in [5, 5.41) is 13.8. The molecule has 0 radical (unpaired) electrons. The van der Waals surface area contributed by atoms with Crippen LogP contribution in [-0.2, 0) is 77.9 Å². The van der Waals surface area contributed by atoms with E-state index in [0.29, 0.717) is 0 Å². The number of hydrogen-bond donors (Lipinski definition) is 3. The highest BCUT2D eigenvalue weighted by Gasteiger charge is 2.44. The fraction of sp³-hybridized carbons (Fsp3) is 0.651. The lowest BCUT2D eigenvalue weighted by Gasteiger charge is -2.29. The first-order valence-corrected chi connectivity index (χ1v) is 20.5. The highest BCUT2D eigenvalue weighted by atomic mass is 16.6. The molecule has 0 spiro atoms. The smallest absolute Gasteiger partial charge is 0.408 e. The van der Waals surface area contributed by atoms with Crippen molar-refractivity contribution in [3.63, 3.8) is 0 Å². The number of ether oxygens (including phenoxy) is 8. The number of aliphatic carboxylic acids is 1. The van der Waals surface area contributed by atoms with E-state index in [4.69, 9.17) is 43.0 Å². The third-order valence-electron chi connectivity index (χ3n) is 8.80. The molecule has 1 aromatic rings. The van der Waals surface area contributed by atoms with E-state index in [2.05, 4.69) is 10.6 Å². The van der Waals surface area contributed by atoms with E-state index in [9.17, 15) is 43.2 Å². The number of carboxylic acid groups (broad SMARTS) is 1. The lowest BCUT2D eigenvalue weighted by molar-refractivity contribution is -0.178. The maximum absolute atomic E-state index is 13.1. The van der Waals surface area contributed by atoms with Crippen LogP contribution in [0.4, 0.5) is 9.59 Å². The summed E-state index contributed by atoms with van der Waals surface area (Å²) in [6.07, 6.45) is -6.89. The lowest BCUT2D eigenvalue weighted by Crippen LogP contribution is -2.48. The first kappa shape index (κ1) is 53.2. The molecule has 0 unspecified atom stereocenters. The third kappa shape index (κ3) is 18.5. The van der Waals surface area contributed by atoms with Crippen LogP contribution in [0.5, 0.6) is 0 Å². The van der Waals surface area contributed by atoms with Crippen LogP contribution in [0.25, 0.3) is 0 Å². The average Bonchev–Trinajstić information content (AvgIpc) is 3.21. The number of esters is 6. The number of rotatable bonds is 10. The third-order valence-corrected chi connectivity index (χ3v) is 8.80. The van der Waals surface area contributed by atoms with E-state index < -0.39 is 145 Å². The summed E-state index contributed by atoms with van der Waals surface area (Å²) >= 11 is 0. The van der Waals surface area contributed by atoms with Gasteiger partial charge in [0.2, 0.25) is 0 Å². The second-order valence-corrected chi connectivity index (χ2v) is 17.6. The number of cyclic esters (lactones) is 4. The molecular formula is C43H62N2O18. The van der Waals surface area contributed by atoms with Crippen LogP contribution in [0.1, 0.15) is 95.1 Å². The minimum atomic E-state index is -1.41. The van der Waals surface area contributed by atoms with Gasteiger partial charge < -0.3 is 53.6 Å². The standard InChI is InChI=1S/C24H33NO8.C19H29NO10/c1-14(2)20(26)32-19-15(3)31-22(28)18(25-23(29)33-24(4,5)6)13-30-21(27)17(19)12-16-10-8-7-9-11-16;1-9(2)15(23)29-14-10(3)28-17(25)12(20-18(26)30-19(4,5)6)8-27-16(24)11(14)7-13(21)22/h7-11,14-15,17-19H,12-13H2,1-6H3,(H,25,29);9-12,14H,7-8H2,1-6H3,(H,20,26)(H,21,22)/t15-,17+,18-,19-;10-,11+,12-,14-/m00/s1. The molecule has 20 nitrogen and oxygen atoms in total. The molecule has 2 fully saturated rings. The SMILES string of the molecule is CC(C)C(=O)O[C@H]1[C@H](C)OC(=O)[C@@H](NC(=O)OC(C)(C)C)COC(=O)[C@@H]1CC(=O)O.CC(C)C(=O)O[C@H]1[C@H](C)OC(=O)[C@@H](NC(=O)OC(C)(C)C)COC(=O)[C@@H]1Cc1ccccc1. The molecule has 1 aromatic carbocycles. The Morgan fingerprint density at radius 3 is 1.40 bits per heavy atom. The molecule has 0 aliphatic carbocycles. The molecule has 352 valence electrons. The monoisotopic (exact) mass is 894 g/mol. The van der Waals surface area contributed by atoms with Crippen molar-refractivity contribution < 1.29 is 86.2 Å². The first-order chi connectivity index (χ1) is 29.1. The van der Waals surface area contributed by atoms with E-state index in [-0.39, 0.29) is 6.42 Å². The van der Waals surface area contributed by atoms with Gasteiger partial charge >= 0.3 is 54.0 Å². The molecule has 2 aliphatic heterocycles.